The van der Waals surface area contributed by atoms with E-state index in [-0.39, 0.29) is 17.9 Å². The molecule has 23 heavy (non-hydrogen) atoms. The minimum Gasteiger partial charge on any atom is -0.338 e. The highest BCUT2D eigenvalue weighted by atomic mass is 35.5. The molecule has 1 amide bonds. The molecule has 0 saturated carbocycles. The van der Waals surface area contributed by atoms with Crippen molar-refractivity contribution in [2.75, 3.05) is 6.54 Å². The van der Waals surface area contributed by atoms with Crippen LogP contribution in [0.5, 0.6) is 0 Å². The van der Waals surface area contributed by atoms with Crippen LogP contribution >= 0.6 is 11.6 Å². The number of nitrogens with two attached hydrogens (primary N) is 1. The average Bonchev–Trinajstić information content (AvgIpc) is 2.58. The van der Waals surface area contributed by atoms with Crippen LogP contribution in [-0.2, 0) is 11.3 Å². The summed E-state index contributed by atoms with van der Waals surface area (Å²) in [6, 6.07) is 17.0. The van der Waals surface area contributed by atoms with Gasteiger partial charge in [0.1, 0.15) is 0 Å². The number of nitrogens with zero attached hydrogens (tertiary/aromatic N) is 1. The van der Waals surface area contributed by atoms with Gasteiger partial charge in [0, 0.05) is 24.2 Å². The Morgan fingerprint density at radius 1 is 1.17 bits per heavy atom. The normalized spacial score (nSPS) is 13.4. The SMILES string of the molecule is CCN(Cc1cccc(Cl)c1)C(=O)C(C)C(N)c1ccccc1. The second kappa shape index (κ2) is 8.14. The van der Waals surface area contributed by atoms with Crippen molar-refractivity contribution in [2.45, 2.75) is 26.4 Å². The van der Waals surface area contributed by atoms with E-state index in [1.54, 1.807) is 0 Å². The number of carbonyl (C=O) groups excluding carboxylic acids is 1. The van der Waals surface area contributed by atoms with Gasteiger partial charge in [-0.15, -0.1) is 0 Å². The summed E-state index contributed by atoms with van der Waals surface area (Å²) in [5.41, 5.74) is 8.28. The van der Waals surface area contributed by atoms with Crippen LogP contribution < -0.4 is 5.73 Å². The Morgan fingerprint density at radius 2 is 1.87 bits per heavy atom. The molecule has 0 heterocycles. The fraction of sp³-hybridized carbons (Fsp3) is 0.316. The van der Waals surface area contributed by atoms with Crippen LogP contribution in [-0.4, -0.2) is 17.4 Å². The predicted molar refractivity (Wildman–Crippen MR) is 95.1 cm³/mol. The zero-order valence-electron chi connectivity index (χ0n) is 13.6. The third-order valence-electron chi connectivity index (χ3n) is 4.07. The maximum Gasteiger partial charge on any atom is 0.227 e. The Kier molecular flexibility index (Phi) is 6.20. The van der Waals surface area contributed by atoms with Crippen LogP contribution in [0.15, 0.2) is 54.6 Å². The Morgan fingerprint density at radius 3 is 2.48 bits per heavy atom. The summed E-state index contributed by atoms with van der Waals surface area (Å²) in [5, 5.41) is 0.681. The highest BCUT2D eigenvalue weighted by molar-refractivity contribution is 6.30. The van der Waals surface area contributed by atoms with E-state index in [1.807, 2.05) is 73.3 Å². The molecule has 122 valence electrons. The van der Waals surface area contributed by atoms with E-state index >= 15 is 0 Å². The summed E-state index contributed by atoms with van der Waals surface area (Å²) in [6.45, 7) is 5.04. The summed E-state index contributed by atoms with van der Waals surface area (Å²) >= 11 is 6.02. The Labute approximate surface area is 143 Å². The topological polar surface area (TPSA) is 46.3 Å². The van der Waals surface area contributed by atoms with Gasteiger partial charge in [-0.2, -0.15) is 0 Å². The molecule has 0 spiro atoms. The van der Waals surface area contributed by atoms with Gasteiger partial charge in [0.05, 0.1) is 5.92 Å². The van der Waals surface area contributed by atoms with E-state index in [1.165, 1.54) is 0 Å². The van der Waals surface area contributed by atoms with Crippen LogP contribution in [0.3, 0.4) is 0 Å². The number of carbonyl (C=O) groups is 1. The van der Waals surface area contributed by atoms with E-state index in [0.717, 1.165) is 11.1 Å². The Hall–Kier alpha value is -1.84. The van der Waals surface area contributed by atoms with Gasteiger partial charge in [-0.05, 0) is 30.2 Å². The van der Waals surface area contributed by atoms with Crippen molar-refractivity contribution in [3.8, 4) is 0 Å². The van der Waals surface area contributed by atoms with Gasteiger partial charge in [0.2, 0.25) is 5.91 Å². The third-order valence-corrected chi connectivity index (χ3v) is 4.30. The fourth-order valence-electron chi connectivity index (χ4n) is 2.61. The predicted octanol–water partition coefficient (Wildman–Crippen LogP) is 4.02. The Balaban J connectivity index is 2.09. The van der Waals surface area contributed by atoms with Crippen LogP contribution in [0, 0.1) is 5.92 Å². The molecule has 0 aromatic heterocycles. The number of benzene rings is 2. The molecule has 2 N–H and O–H groups in total. The number of rotatable bonds is 6. The Bertz CT molecular complexity index is 645. The summed E-state index contributed by atoms with van der Waals surface area (Å²) in [4.78, 5) is 14.6. The second-order valence-electron chi connectivity index (χ2n) is 5.71. The molecule has 0 aliphatic heterocycles. The molecular weight excluding hydrogens is 308 g/mol. The van der Waals surface area contributed by atoms with E-state index in [0.29, 0.717) is 18.1 Å². The molecule has 3 nitrogen and oxygen atoms in total. The van der Waals surface area contributed by atoms with E-state index in [4.69, 9.17) is 17.3 Å². The number of halogens is 1. The smallest absolute Gasteiger partial charge is 0.227 e. The maximum atomic E-state index is 12.8. The molecule has 4 heteroatoms. The van der Waals surface area contributed by atoms with E-state index < -0.39 is 0 Å². The molecule has 2 aromatic carbocycles. The maximum absolute atomic E-state index is 12.8. The lowest BCUT2D eigenvalue weighted by Gasteiger charge is -2.28. The van der Waals surface area contributed by atoms with E-state index in [2.05, 4.69) is 0 Å². The van der Waals surface area contributed by atoms with Crippen molar-refractivity contribution in [1.82, 2.24) is 4.90 Å². The molecule has 2 atom stereocenters. The molecule has 2 unspecified atom stereocenters. The monoisotopic (exact) mass is 330 g/mol. The minimum absolute atomic E-state index is 0.0591. The fourth-order valence-corrected chi connectivity index (χ4v) is 2.82. The first-order valence-electron chi connectivity index (χ1n) is 7.86. The molecule has 0 aliphatic carbocycles. The quantitative estimate of drug-likeness (QED) is 0.869. The first-order chi connectivity index (χ1) is 11.0. The van der Waals surface area contributed by atoms with Gasteiger partial charge in [-0.1, -0.05) is 61.0 Å². The summed E-state index contributed by atoms with van der Waals surface area (Å²) in [5.74, 6) is -0.222. The van der Waals surface area contributed by atoms with Crippen LogP contribution in [0.25, 0.3) is 0 Å². The zero-order valence-corrected chi connectivity index (χ0v) is 14.3. The van der Waals surface area contributed by atoms with Gasteiger partial charge in [0.15, 0.2) is 0 Å². The third kappa shape index (κ3) is 4.57. The molecule has 0 bridgehead atoms. The van der Waals surface area contributed by atoms with Gasteiger partial charge in [-0.25, -0.2) is 0 Å². The van der Waals surface area contributed by atoms with Crippen LogP contribution in [0.4, 0.5) is 0 Å². The van der Waals surface area contributed by atoms with Gasteiger partial charge >= 0.3 is 0 Å². The summed E-state index contributed by atoms with van der Waals surface area (Å²) in [7, 11) is 0. The summed E-state index contributed by atoms with van der Waals surface area (Å²) < 4.78 is 0. The molecule has 0 fully saturated rings. The lowest BCUT2D eigenvalue weighted by atomic mass is 9.94. The van der Waals surface area contributed by atoms with Gasteiger partial charge in [0.25, 0.3) is 0 Å². The second-order valence-corrected chi connectivity index (χ2v) is 6.14. The zero-order chi connectivity index (χ0) is 16.8. The van der Waals surface area contributed by atoms with Crippen LogP contribution in [0.1, 0.15) is 31.0 Å². The average molecular weight is 331 g/mol. The molecule has 0 aliphatic rings. The first kappa shape index (κ1) is 17.5. The van der Waals surface area contributed by atoms with Crippen molar-refractivity contribution >= 4 is 17.5 Å². The number of hydrogen-bond donors (Lipinski definition) is 1. The molecular formula is C19H23ClN2O. The van der Waals surface area contributed by atoms with Crippen molar-refractivity contribution < 1.29 is 4.79 Å². The summed E-state index contributed by atoms with van der Waals surface area (Å²) in [6.07, 6.45) is 0. The van der Waals surface area contributed by atoms with E-state index in [9.17, 15) is 4.79 Å². The molecule has 0 radical (unpaired) electrons. The van der Waals surface area contributed by atoms with Crippen molar-refractivity contribution in [3.63, 3.8) is 0 Å². The lowest BCUT2D eigenvalue weighted by molar-refractivity contribution is -0.136. The van der Waals surface area contributed by atoms with Gasteiger partial charge < -0.3 is 10.6 Å². The van der Waals surface area contributed by atoms with Gasteiger partial charge in [-0.3, -0.25) is 4.79 Å². The minimum atomic E-state index is -0.308. The van der Waals surface area contributed by atoms with Crippen molar-refractivity contribution in [3.05, 3.63) is 70.7 Å². The molecule has 2 aromatic rings. The highest BCUT2D eigenvalue weighted by Gasteiger charge is 2.26. The number of amides is 1. The number of hydrogen-bond acceptors (Lipinski definition) is 2. The lowest BCUT2D eigenvalue weighted by Crippen LogP contribution is -2.38. The first-order valence-corrected chi connectivity index (χ1v) is 8.24. The molecule has 0 saturated heterocycles. The standard InChI is InChI=1S/C19H23ClN2O/c1-3-22(13-15-8-7-11-17(20)12-15)19(23)14(2)18(21)16-9-5-4-6-10-16/h4-12,14,18H,3,13,21H2,1-2H3. The molecule has 2 rings (SSSR count). The highest BCUT2D eigenvalue weighted by Crippen LogP contribution is 2.22. The van der Waals surface area contributed by atoms with Crippen LogP contribution in [0.2, 0.25) is 5.02 Å². The van der Waals surface area contributed by atoms with Crippen molar-refractivity contribution in [2.24, 2.45) is 11.7 Å². The largest absolute Gasteiger partial charge is 0.338 e. The van der Waals surface area contributed by atoms with Crippen molar-refractivity contribution in [1.29, 1.82) is 0 Å².